The molecule has 21 heavy (non-hydrogen) atoms. The molecule has 0 unspecified atom stereocenters. The van der Waals surface area contributed by atoms with Gasteiger partial charge in [0.05, 0.1) is 12.9 Å². The van der Waals surface area contributed by atoms with Crippen LogP contribution in [-0.2, 0) is 17.8 Å². The summed E-state index contributed by atoms with van der Waals surface area (Å²) in [6.45, 7) is 2.06. The summed E-state index contributed by atoms with van der Waals surface area (Å²) in [5.41, 5.74) is 1.41. The minimum atomic E-state index is 0.526. The van der Waals surface area contributed by atoms with E-state index in [1.807, 2.05) is 4.57 Å². The monoisotopic (exact) mass is 288 g/mol. The molecule has 2 N–H and O–H groups in total. The van der Waals surface area contributed by atoms with E-state index in [2.05, 4.69) is 35.5 Å². The highest BCUT2D eigenvalue weighted by molar-refractivity contribution is 5.81. The maximum Gasteiger partial charge on any atom is 0.182 e. The van der Waals surface area contributed by atoms with Crippen LogP contribution in [0, 0.1) is 0 Å². The van der Waals surface area contributed by atoms with Gasteiger partial charge >= 0.3 is 0 Å². The number of hydrogen-bond donors (Lipinski definition) is 2. The molecule has 0 saturated carbocycles. The molecule has 0 aliphatic heterocycles. The van der Waals surface area contributed by atoms with Crippen LogP contribution >= 0.6 is 0 Å². The van der Waals surface area contributed by atoms with Gasteiger partial charge in [-0.3, -0.25) is 0 Å². The zero-order chi connectivity index (χ0) is 14.5. The van der Waals surface area contributed by atoms with E-state index < -0.39 is 0 Å². The van der Waals surface area contributed by atoms with Crippen LogP contribution in [0.4, 0.5) is 5.82 Å². The minimum Gasteiger partial charge on any atom is -0.385 e. The fourth-order valence-corrected chi connectivity index (χ4v) is 2.04. The molecule has 0 fully saturated rings. The maximum atomic E-state index is 5.05. The van der Waals surface area contributed by atoms with E-state index in [1.165, 1.54) is 6.33 Å². The minimum absolute atomic E-state index is 0.526. The molecule has 3 aromatic heterocycles. The number of fused-ring (bicyclic) bond motifs is 1. The predicted octanol–water partition coefficient (Wildman–Crippen LogP) is 0.593. The van der Waals surface area contributed by atoms with Gasteiger partial charge in [-0.05, 0) is 6.42 Å². The van der Waals surface area contributed by atoms with Crippen LogP contribution < -0.4 is 5.32 Å². The molecule has 0 atom stereocenters. The number of aryl methyl sites for hydroxylation is 1. The zero-order valence-corrected chi connectivity index (χ0v) is 11.7. The highest BCUT2D eigenvalue weighted by atomic mass is 16.5. The molecule has 3 aromatic rings. The van der Waals surface area contributed by atoms with Gasteiger partial charge in [0.25, 0.3) is 0 Å². The first kappa shape index (κ1) is 13.4. The van der Waals surface area contributed by atoms with E-state index in [4.69, 9.17) is 4.74 Å². The smallest absolute Gasteiger partial charge is 0.182 e. The highest BCUT2D eigenvalue weighted by Crippen LogP contribution is 2.15. The molecule has 0 amide bonds. The fourth-order valence-electron chi connectivity index (χ4n) is 2.04. The number of hydrogen-bond acceptors (Lipinski definition) is 7. The summed E-state index contributed by atoms with van der Waals surface area (Å²) >= 11 is 0. The largest absolute Gasteiger partial charge is 0.385 e. The topological polar surface area (TPSA) is 106 Å². The summed E-state index contributed by atoms with van der Waals surface area (Å²) < 4.78 is 7.05. The van der Waals surface area contributed by atoms with Crippen LogP contribution in [-0.4, -0.2) is 48.4 Å². The van der Waals surface area contributed by atoms with Gasteiger partial charge in [0.1, 0.15) is 18.2 Å². The third-order valence-corrected chi connectivity index (χ3v) is 3.08. The highest BCUT2D eigenvalue weighted by Gasteiger charge is 2.08. The molecule has 0 aliphatic rings. The van der Waals surface area contributed by atoms with Crippen molar-refractivity contribution in [3.05, 3.63) is 24.8 Å². The third-order valence-electron chi connectivity index (χ3n) is 3.08. The Balaban J connectivity index is 1.68. The number of aromatic amines is 1. The van der Waals surface area contributed by atoms with Gasteiger partial charge in [-0.1, -0.05) is 0 Å². The molecule has 9 nitrogen and oxygen atoms in total. The Labute approximate surface area is 120 Å². The summed E-state index contributed by atoms with van der Waals surface area (Å²) in [5.74, 6) is 1.54. The maximum absolute atomic E-state index is 5.05. The molecular formula is C12H16N8O. The van der Waals surface area contributed by atoms with E-state index in [9.17, 15) is 0 Å². The predicted molar refractivity (Wildman–Crippen MR) is 75.5 cm³/mol. The average molecular weight is 288 g/mol. The van der Waals surface area contributed by atoms with Crippen molar-refractivity contribution < 1.29 is 4.74 Å². The number of methoxy groups -OCH3 is 1. The van der Waals surface area contributed by atoms with Crippen molar-refractivity contribution in [3.63, 3.8) is 0 Å². The lowest BCUT2D eigenvalue weighted by atomic mass is 10.4. The summed E-state index contributed by atoms with van der Waals surface area (Å²) in [6.07, 6.45) is 5.71. The molecule has 0 saturated heterocycles. The number of H-pyrrole nitrogens is 1. The number of anilines is 1. The molecule has 9 heteroatoms. The van der Waals surface area contributed by atoms with Gasteiger partial charge in [-0.25, -0.2) is 15.0 Å². The van der Waals surface area contributed by atoms with Crippen molar-refractivity contribution in [2.75, 3.05) is 19.0 Å². The van der Waals surface area contributed by atoms with Crippen molar-refractivity contribution in [2.24, 2.45) is 0 Å². The van der Waals surface area contributed by atoms with E-state index >= 15 is 0 Å². The van der Waals surface area contributed by atoms with Crippen LogP contribution in [0.2, 0.25) is 0 Å². The summed E-state index contributed by atoms with van der Waals surface area (Å²) in [6, 6.07) is 0. The second kappa shape index (κ2) is 6.27. The van der Waals surface area contributed by atoms with Crippen LogP contribution in [0.25, 0.3) is 11.2 Å². The van der Waals surface area contributed by atoms with Crippen molar-refractivity contribution in [3.8, 4) is 0 Å². The molecule has 3 heterocycles. The van der Waals surface area contributed by atoms with Crippen LogP contribution in [0.5, 0.6) is 0 Å². The zero-order valence-electron chi connectivity index (χ0n) is 11.7. The molecular weight excluding hydrogens is 272 g/mol. The molecule has 0 aliphatic carbocycles. The van der Waals surface area contributed by atoms with E-state index in [-0.39, 0.29) is 0 Å². The lowest BCUT2D eigenvalue weighted by Gasteiger charge is -2.08. The summed E-state index contributed by atoms with van der Waals surface area (Å²) in [7, 11) is 1.69. The average Bonchev–Trinajstić information content (AvgIpc) is 3.14. The number of imidazole rings is 1. The Hall–Kier alpha value is -2.55. The van der Waals surface area contributed by atoms with E-state index in [1.54, 1.807) is 19.8 Å². The second-order valence-electron chi connectivity index (χ2n) is 4.46. The lowest BCUT2D eigenvalue weighted by molar-refractivity contribution is 0.190. The Morgan fingerprint density at radius 1 is 1.33 bits per heavy atom. The second-order valence-corrected chi connectivity index (χ2v) is 4.46. The molecule has 0 radical (unpaired) electrons. The third kappa shape index (κ3) is 2.97. The van der Waals surface area contributed by atoms with E-state index in [0.29, 0.717) is 24.6 Å². The number of nitrogens with one attached hydrogen (secondary N) is 2. The van der Waals surface area contributed by atoms with Gasteiger partial charge < -0.3 is 19.6 Å². The molecule has 0 bridgehead atoms. The van der Waals surface area contributed by atoms with Gasteiger partial charge in [-0.15, -0.1) is 10.2 Å². The fraction of sp³-hybridized carbons (Fsp3) is 0.417. The molecule has 110 valence electrons. The molecule has 0 spiro atoms. The van der Waals surface area contributed by atoms with Gasteiger partial charge in [0.15, 0.2) is 17.3 Å². The Bertz CT molecular complexity index is 706. The summed E-state index contributed by atoms with van der Waals surface area (Å²) in [5, 5.41) is 11.3. The Morgan fingerprint density at radius 2 is 2.29 bits per heavy atom. The number of aromatic nitrogens is 7. The Morgan fingerprint density at radius 3 is 3.19 bits per heavy atom. The Kier molecular flexibility index (Phi) is 4.01. The normalized spacial score (nSPS) is 11.1. The van der Waals surface area contributed by atoms with Gasteiger partial charge in [-0.2, -0.15) is 0 Å². The first-order valence-electron chi connectivity index (χ1n) is 6.62. The first-order chi connectivity index (χ1) is 10.4. The molecule has 3 rings (SSSR count). The van der Waals surface area contributed by atoms with E-state index in [0.717, 1.165) is 24.3 Å². The quantitative estimate of drug-likeness (QED) is 0.613. The summed E-state index contributed by atoms with van der Waals surface area (Å²) in [4.78, 5) is 15.4. The SMILES string of the molecule is COCCCn1cnnc1CNc1ncnc2nc[nH]c12. The van der Waals surface area contributed by atoms with Crippen molar-refractivity contribution in [2.45, 2.75) is 19.5 Å². The van der Waals surface area contributed by atoms with Gasteiger partial charge in [0, 0.05) is 20.3 Å². The van der Waals surface area contributed by atoms with Crippen molar-refractivity contribution in [1.29, 1.82) is 0 Å². The van der Waals surface area contributed by atoms with Crippen molar-refractivity contribution >= 4 is 17.0 Å². The molecule has 0 aromatic carbocycles. The van der Waals surface area contributed by atoms with Crippen molar-refractivity contribution in [1.82, 2.24) is 34.7 Å². The first-order valence-corrected chi connectivity index (χ1v) is 6.62. The number of rotatable bonds is 7. The van der Waals surface area contributed by atoms with Crippen LogP contribution in [0.1, 0.15) is 12.2 Å². The number of ether oxygens (including phenoxy) is 1. The standard InChI is InChI=1S/C12H16N8O/c1-21-4-2-3-20-8-18-19-9(20)5-13-11-10-12(15-6-14-10)17-7-16-11/h6-8H,2-5H2,1H3,(H2,13,14,15,16,17). The van der Waals surface area contributed by atoms with Gasteiger partial charge in [0.2, 0.25) is 0 Å². The number of nitrogens with zero attached hydrogens (tertiary/aromatic N) is 6. The lowest BCUT2D eigenvalue weighted by Crippen LogP contribution is -2.10. The van der Waals surface area contributed by atoms with Crippen LogP contribution in [0.3, 0.4) is 0 Å². The van der Waals surface area contributed by atoms with Crippen LogP contribution in [0.15, 0.2) is 19.0 Å².